The van der Waals surface area contributed by atoms with Crippen LogP contribution >= 0.6 is 0 Å². The zero-order valence-electron chi connectivity index (χ0n) is 10.2. The standard InChI is InChI=1S/C12H15NO5/c1-8(11(14)15)13-12(16)18-7-9-4-3-5-10(6-9)17-2/h3-6,8H,7H2,1-2H3,(H,13,16)(H,14,15)/t8-/m0/s1. The van der Waals surface area contributed by atoms with Gasteiger partial charge in [0.1, 0.15) is 18.4 Å². The minimum atomic E-state index is -1.12. The Kier molecular flexibility index (Phi) is 4.98. The summed E-state index contributed by atoms with van der Waals surface area (Å²) in [6.07, 6.45) is -0.771. The fraction of sp³-hybridized carbons (Fsp3) is 0.333. The number of aliphatic carboxylic acids is 1. The van der Waals surface area contributed by atoms with Crippen LogP contribution in [0, 0.1) is 0 Å². The van der Waals surface area contributed by atoms with Crippen LogP contribution in [0.15, 0.2) is 24.3 Å². The third kappa shape index (κ3) is 4.32. The highest BCUT2D eigenvalue weighted by atomic mass is 16.5. The van der Waals surface area contributed by atoms with E-state index in [1.165, 1.54) is 6.92 Å². The summed E-state index contributed by atoms with van der Waals surface area (Å²) in [5, 5.41) is 10.8. The van der Waals surface area contributed by atoms with E-state index in [4.69, 9.17) is 14.6 Å². The van der Waals surface area contributed by atoms with E-state index in [9.17, 15) is 9.59 Å². The molecule has 0 aromatic heterocycles. The quantitative estimate of drug-likeness (QED) is 0.828. The predicted molar refractivity (Wildman–Crippen MR) is 63.4 cm³/mol. The smallest absolute Gasteiger partial charge is 0.408 e. The molecule has 0 bridgehead atoms. The molecule has 0 saturated heterocycles. The summed E-state index contributed by atoms with van der Waals surface area (Å²) in [7, 11) is 1.54. The van der Waals surface area contributed by atoms with Crippen molar-refractivity contribution in [3.05, 3.63) is 29.8 Å². The minimum absolute atomic E-state index is 0.0510. The Morgan fingerprint density at radius 1 is 1.44 bits per heavy atom. The maximum Gasteiger partial charge on any atom is 0.408 e. The molecular formula is C12H15NO5. The van der Waals surface area contributed by atoms with Crippen LogP contribution in [-0.4, -0.2) is 30.3 Å². The van der Waals surface area contributed by atoms with Gasteiger partial charge in [-0.25, -0.2) is 4.79 Å². The van der Waals surface area contributed by atoms with E-state index in [1.54, 1.807) is 31.4 Å². The Labute approximate surface area is 105 Å². The third-order valence-electron chi connectivity index (χ3n) is 2.21. The molecule has 1 amide bonds. The topological polar surface area (TPSA) is 84.9 Å². The number of benzene rings is 1. The van der Waals surface area contributed by atoms with Gasteiger partial charge in [0.15, 0.2) is 0 Å². The van der Waals surface area contributed by atoms with E-state index >= 15 is 0 Å². The van der Waals surface area contributed by atoms with Crippen molar-refractivity contribution in [2.24, 2.45) is 0 Å². The number of carbonyl (C=O) groups is 2. The van der Waals surface area contributed by atoms with Gasteiger partial charge in [-0.2, -0.15) is 0 Å². The largest absolute Gasteiger partial charge is 0.497 e. The van der Waals surface area contributed by atoms with Crippen LogP contribution in [0.2, 0.25) is 0 Å². The number of rotatable bonds is 5. The molecule has 6 nitrogen and oxygen atoms in total. The molecule has 1 rings (SSSR count). The highest BCUT2D eigenvalue weighted by molar-refractivity contribution is 5.79. The summed E-state index contributed by atoms with van der Waals surface area (Å²) in [6.45, 7) is 1.41. The molecule has 2 N–H and O–H groups in total. The Bertz CT molecular complexity index is 432. The SMILES string of the molecule is COc1cccc(COC(=O)N[C@@H](C)C(=O)O)c1. The number of carboxylic acid groups (broad SMARTS) is 1. The fourth-order valence-corrected chi connectivity index (χ4v) is 1.19. The average Bonchev–Trinajstić information content (AvgIpc) is 2.36. The first-order valence-corrected chi connectivity index (χ1v) is 5.32. The van der Waals surface area contributed by atoms with Crippen LogP contribution < -0.4 is 10.1 Å². The van der Waals surface area contributed by atoms with Crippen molar-refractivity contribution in [3.8, 4) is 5.75 Å². The van der Waals surface area contributed by atoms with Crippen molar-refractivity contribution in [2.45, 2.75) is 19.6 Å². The molecule has 0 radical (unpaired) electrons. The maximum absolute atomic E-state index is 11.3. The zero-order chi connectivity index (χ0) is 13.5. The predicted octanol–water partition coefficient (Wildman–Crippen LogP) is 1.39. The fourth-order valence-electron chi connectivity index (χ4n) is 1.19. The lowest BCUT2D eigenvalue weighted by atomic mass is 10.2. The minimum Gasteiger partial charge on any atom is -0.497 e. The van der Waals surface area contributed by atoms with Gasteiger partial charge in [-0.05, 0) is 24.6 Å². The molecule has 0 unspecified atom stereocenters. The van der Waals surface area contributed by atoms with E-state index in [2.05, 4.69) is 5.32 Å². The molecular weight excluding hydrogens is 238 g/mol. The number of methoxy groups -OCH3 is 1. The van der Waals surface area contributed by atoms with Gasteiger partial charge < -0.3 is 19.9 Å². The molecule has 0 aliphatic heterocycles. The van der Waals surface area contributed by atoms with E-state index in [0.29, 0.717) is 5.75 Å². The van der Waals surface area contributed by atoms with Crippen molar-refractivity contribution in [3.63, 3.8) is 0 Å². The van der Waals surface area contributed by atoms with E-state index in [1.807, 2.05) is 0 Å². The second-order valence-electron chi connectivity index (χ2n) is 3.63. The van der Waals surface area contributed by atoms with Gasteiger partial charge in [-0.3, -0.25) is 4.79 Å². The Morgan fingerprint density at radius 3 is 2.78 bits per heavy atom. The van der Waals surface area contributed by atoms with Gasteiger partial charge in [-0.15, -0.1) is 0 Å². The lowest BCUT2D eigenvalue weighted by Crippen LogP contribution is -2.38. The summed E-state index contributed by atoms with van der Waals surface area (Å²) in [4.78, 5) is 21.8. The van der Waals surface area contributed by atoms with Crippen molar-refractivity contribution in [2.75, 3.05) is 7.11 Å². The van der Waals surface area contributed by atoms with E-state index in [-0.39, 0.29) is 6.61 Å². The summed E-state index contributed by atoms with van der Waals surface area (Å²) in [5.74, 6) is -0.455. The van der Waals surface area contributed by atoms with E-state index in [0.717, 1.165) is 5.56 Å². The van der Waals surface area contributed by atoms with Gasteiger partial charge in [0.25, 0.3) is 0 Å². The van der Waals surface area contributed by atoms with Crippen LogP contribution in [0.5, 0.6) is 5.75 Å². The van der Waals surface area contributed by atoms with Crippen LogP contribution in [-0.2, 0) is 16.1 Å². The molecule has 0 fully saturated rings. The van der Waals surface area contributed by atoms with E-state index < -0.39 is 18.1 Å². The molecule has 18 heavy (non-hydrogen) atoms. The molecule has 0 aliphatic rings. The molecule has 0 heterocycles. The van der Waals surface area contributed by atoms with Crippen molar-refractivity contribution in [1.82, 2.24) is 5.32 Å². The Morgan fingerprint density at radius 2 is 2.17 bits per heavy atom. The number of nitrogens with one attached hydrogen (secondary N) is 1. The van der Waals surface area contributed by atoms with Gasteiger partial charge in [0.05, 0.1) is 7.11 Å². The lowest BCUT2D eigenvalue weighted by molar-refractivity contribution is -0.138. The molecule has 98 valence electrons. The van der Waals surface area contributed by atoms with Crippen LogP contribution in [0.3, 0.4) is 0 Å². The molecule has 0 aliphatic carbocycles. The number of hydrogen-bond donors (Lipinski definition) is 2. The number of ether oxygens (including phenoxy) is 2. The zero-order valence-corrected chi connectivity index (χ0v) is 10.2. The number of amides is 1. The molecule has 6 heteroatoms. The van der Waals surface area contributed by atoms with Gasteiger partial charge in [0, 0.05) is 0 Å². The maximum atomic E-state index is 11.3. The summed E-state index contributed by atoms with van der Waals surface area (Å²) in [6, 6.07) is 6.07. The molecule has 0 saturated carbocycles. The highest BCUT2D eigenvalue weighted by Gasteiger charge is 2.14. The van der Waals surface area contributed by atoms with Crippen molar-refractivity contribution >= 4 is 12.1 Å². The van der Waals surface area contributed by atoms with Crippen molar-refractivity contribution < 1.29 is 24.2 Å². The monoisotopic (exact) mass is 253 g/mol. The summed E-state index contributed by atoms with van der Waals surface area (Å²) >= 11 is 0. The number of hydrogen-bond acceptors (Lipinski definition) is 4. The molecule has 0 spiro atoms. The Balaban J connectivity index is 2.44. The molecule has 1 aromatic rings. The number of alkyl carbamates (subject to hydrolysis) is 1. The van der Waals surface area contributed by atoms with Crippen LogP contribution in [0.25, 0.3) is 0 Å². The second-order valence-corrected chi connectivity index (χ2v) is 3.63. The van der Waals surface area contributed by atoms with Crippen molar-refractivity contribution in [1.29, 1.82) is 0 Å². The van der Waals surface area contributed by atoms with Gasteiger partial charge in [0.2, 0.25) is 0 Å². The van der Waals surface area contributed by atoms with Crippen LogP contribution in [0.1, 0.15) is 12.5 Å². The molecule has 1 aromatic carbocycles. The van der Waals surface area contributed by atoms with Gasteiger partial charge >= 0.3 is 12.1 Å². The average molecular weight is 253 g/mol. The first kappa shape index (κ1) is 13.8. The summed E-state index contributed by atoms with van der Waals surface area (Å²) in [5.41, 5.74) is 0.757. The molecule has 1 atom stereocenters. The third-order valence-corrected chi connectivity index (χ3v) is 2.21. The first-order chi connectivity index (χ1) is 8.52. The first-order valence-electron chi connectivity index (χ1n) is 5.32. The Hall–Kier alpha value is -2.24. The second kappa shape index (κ2) is 6.48. The highest BCUT2D eigenvalue weighted by Crippen LogP contribution is 2.13. The van der Waals surface area contributed by atoms with Gasteiger partial charge in [-0.1, -0.05) is 12.1 Å². The number of carbonyl (C=O) groups excluding carboxylic acids is 1. The summed E-state index contributed by atoms with van der Waals surface area (Å²) < 4.78 is 9.90. The van der Waals surface area contributed by atoms with Crippen LogP contribution in [0.4, 0.5) is 4.79 Å². The number of carboxylic acids is 1. The lowest BCUT2D eigenvalue weighted by Gasteiger charge is -2.10. The normalized spacial score (nSPS) is 11.4.